The zero-order valence-corrected chi connectivity index (χ0v) is 62.8. The maximum atomic E-state index is 14.1. The maximum Gasteiger partial charge on any atom is 0.413 e. The van der Waals surface area contributed by atoms with Gasteiger partial charge in [0.15, 0.2) is 36.6 Å². The highest BCUT2D eigenvalue weighted by molar-refractivity contribution is 14.0. The fraction of sp³-hybridized carbons (Fsp3) is 0.757. The van der Waals surface area contributed by atoms with Crippen LogP contribution in [0.2, 0.25) is 0 Å². The number of carbonyl (C=O) groups is 4. The third-order valence-electron chi connectivity index (χ3n) is 22.0. The van der Waals surface area contributed by atoms with E-state index in [9.17, 15) is 29.4 Å². The zero-order valence-electron chi connectivity index (χ0n) is 60.5. The number of ether oxygens (including phenoxy) is 11. The van der Waals surface area contributed by atoms with Crippen LogP contribution in [-0.2, 0) is 61.8 Å². The molecule has 2 saturated carbocycles. The van der Waals surface area contributed by atoms with E-state index in [1.807, 2.05) is 87.4 Å². The number of halogens is 1. The Morgan fingerprint density at radius 1 is 0.860 bits per heavy atom. The monoisotopic (exact) mass is 1420 g/mol. The lowest BCUT2D eigenvalue weighted by molar-refractivity contribution is -0.387. The molecule has 4 aliphatic heterocycles. The number of amides is 1. The molecule has 1 aromatic rings. The molecule has 0 spiro atoms. The molecule has 526 valence electrons. The van der Waals surface area contributed by atoms with Crippen molar-refractivity contribution in [3.05, 3.63) is 76.9 Å². The van der Waals surface area contributed by atoms with E-state index < -0.39 is 94.9 Å². The molecule has 19 heteroatoms. The van der Waals surface area contributed by atoms with E-state index >= 15 is 0 Å². The first-order valence-corrected chi connectivity index (χ1v) is 33.8. The van der Waals surface area contributed by atoms with Gasteiger partial charge in [-0.1, -0.05) is 120 Å². The van der Waals surface area contributed by atoms with Crippen molar-refractivity contribution in [2.45, 2.75) is 288 Å². The smallest absolute Gasteiger partial charge is 0.413 e. The van der Waals surface area contributed by atoms with Crippen molar-refractivity contribution in [1.82, 2.24) is 4.90 Å². The SMILES string of the molecule is C=CC1O[C@@H](CC)C(C)(C)[C@H]([C@@H](C)/C(C)=C(\C)C(C)OC(=O)[C@@H]2OC(c3ccc(C)cc3OC)N(C(=O)OC(C)(C)C)[C@H]2CC(C)C)O1.C=CC1O[C@H]2C[C@H]3OC[C@@]3(OC(C)=O)[C@H]3[C@H](C)[C@]4(C(C)(C)O)CC(OC(=O)C(O)[C@@H](C)CC(C)C)C(C)=C4[C@H](C)[C@H](O1)[C@]23C.I. The first-order chi connectivity index (χ1) is 42.6. The normalized spacial score (nSPS) is 35.2. The number of fused-ring (bicyclic) bond motifs is 3. The number of rotatable bonds is 19. The quantitative estimate of drug-likeness (QED) is 0.0570. The van der Waals surface area contributed by atoms with Gasteiger partial charge in [-0.3, -0.25) is 9.69 Å². The summed E-state index contributed by atoms with van der Waals surface area (Å²) in [6.07, 6.45) is -0.943. The number of aryl methyl sites for hydroxylation is 1. The Morgan fingerprint density at radius 3 is 2.01 bits per heavy atom. The molecule has 7 aliphatic rings. The first kappa shape index (κ1) is 78.1. The third kappa shape index (κ3) is 14.9. The van der Waals surface area contributed by atoms with E-state index in [0.29, 0.717) is 42.9 Å². The van der Waals surface area contributed by atoms with Gasteiger partial charge in [-0.25, -0.2) is 14.4 Å². The summed E-state index contributed by atoms with van der Waals surface area (Å²) >= 11 is 0. The summed E-state index contributed by atoms with van der Waals surface area (Å²) in [7, 11) is 1.58. The zero-order chi connectivity index (χ0) is 69.0. The molecule has 0 bridgehead atoms. The van der Waals surface area contributed by atoms with Crippen LogP contribution >= 0.6 is 24.0 Å². The summed E-state index contributed by atoms with van der Waals surface area (Å²) < 4.78 is 68.6. The van der Waals surface area contributed by atoms with Gasteiger partial charge in [0.1, 0.15) is 29.7 Å². The van der Waals surface area contributed by atoms with Gasteiger partial charge in [0.05, 0.1) is 49.8 Å². The van der Waals surface area contributed by atoms with Gasteiger partial charge in [0, 0.05) is 59.3 Å². The first-order valence-electron chi connectivity index (χ1n) is 33.8. The Hall–Kier alpha value is -3.93. The molecule has 4 saturated heterocycles. The second-order valence-electron chi connectivity index (χ2n) is 31.1. The predicted octanol–water partition coefficient (Wildman–Crippen LogP) is 14.0. The standard InChI is InChI=1S/C39H61NO8.C35H54O9.HI/c1-16-31-39(13,14)34(46-32(17-2)45-31)26(8)24(6)25(7)27(9)44-36(41)33-29(20-22(3)4)40(37(42)48-38(10,11)12)35(47-33)28-19-18-23(5)21-30(28)43-15;1-12-26-42-24-14-25-35(16-40-25,44-22(8)36)29-21(7)34(32(9,10)39)15-23(41-31(38)28(37)18(4)13-17(2)3)19(5)27(34)20(6)30(43-26)33(24,29)11;/h17-19,21-22,26-27,29,31-35H,2,16,20H2,1,3-15H3;12,17-18,20-21,23-26,28-30,37,39H,1,13-16H2,2-11H3;1H/b25-24+;;/t26-,27?,29-,31-,32?,33+,34-,35?;18-,20-,21-,23?,24-,25+,26?,28?,29-,30-,33+,34+,35-;/m00./s1. The molecule has 1 amide bonds. The number of carbonyl (C=O) groups excluding carboxylic acids is 4. The van der Waals surface area contributed by atoms with Gasteiger partial charge in [-0.2, -0.15) is 0 Å². The summed E-state index contributed by atoms with van der Waals surface area (Å²) in [4.78, 5) is 55.6. The van der Waals surface area contributed by atoms with Crippen LogP contribution in [0.1, 0.15) is 202 Å². The molecule has 0 aromatic heterocycles. The minimum Gasteiger partial charge on any atom is -0.496 e. The number of esters is 3. The molecular formula is C74H116INO17. The van der Waals surface area contributed by atoms with Crippen LogP contribution in [0.5, 0.6) is 5.75 Å². The Balaban J connectivity index is 0.000000293. The van der Waals surface area contributed by atoms with Crippen LogP contribution < -0.4 is 4.74 Å². The second kappa shape index (κ2) is 29.6. The summed E-state index contributed by atoms with van der Waals surface area (Å²) in [6.45, 7) is 53.6. The fourth-order valence-corrected chi connectivity index (χ4v) is 17.5. The van der Waals surface area contributed by atoms with Crippen molar-refractivity contribution < 1.29 is 81.5 Å². The summed E-state index contributed by atoms with van der Waals surface area (Å²) in [5, 5.41) is 23.2. The molecule has 93 heavy (non-hydrogen) atoms. The molecule has 2 N–H and O–H groups in total. The van der Waals surface area contributed by atoms with Gasteiger partial charge in [0.25, 0.3) is 0 Å². The largest absolute Gasteiger partial charge is 0.496 e. The van der Waals surface area contributed by atoms with E-state index in [0.717, 1.165) is 34.3 Å². The minimum absolute atomic E-state index is 0. The van der Waals surface area contributed by atoms with Crippen molar-refractivity contribution in [3.63, 3.8) is 0 Å². The molecule has 0 radical (unpaired) electrons. The maximum absolute atomic E-state index is 14.1. The van der Waals surface area contributed by atoms with Crippen molar-refractivity contribution in [1.29, 1.82) is 0 Å². The Morgan fingerprint density at radius 2 is 1.48 bits per heavy atom. The minimum atomic E-state index is -1.27. The number of methoxy groups -OCH3 is 1. The number of benzene rings is 1. The average molecular weight is 1420 g/mol. The molecule has 6 unspecified atom stereocenters. The molecular weight excluding hydrogens is 1300 g/mol. The molecule has 3 aliphatic carbocycles. The molecule has 1 aromatic carbocycles. The van der Waals surface area contributed by atoms with Crippen LogP contribution in [0.3, 0.4) is 0 Å². The summed E-state index contributed by atoms with van der Waals surface area (Å²) in [5.41, 5.74) is 0.805. The van der Waals surface area contributed by atoms with Crippen molar-refractivity contribution in [2.24, 2.45) is 57.7 Å². The Labute approximate surface area is 573 Å². The van der Waals surface area contributed by atoms with Gasteiger partial charge in [-0.05, 0) is 147 Å². The number of hydrogen-bond acceptors (Lipinski definition) is 17. The Kier molecular flexibility index (Phi) is 24.9. The van der Waals surface area contributed by atoms with E-state index in [1.54, 1.807) is 24.2 Å². The molecule has 6 fully saturated rings. The lowest BCUT2D eigenvalue weighted by Crippen LogP contribution is -2.78. The summed E-state index contributed by atoms with van der Waals surface area (Å²) in [6, 6.07) is 5.06. The molecule has 8 rings (SSSR count). The highest BCUT2D eigenvalue weighted by Gasteiger charge is 2.78. The topological polar surface area (TPSA) is 214 Å². The van der Waals surface area contributed by atoms with E-state index in [1.165, 1.54) is 6.92 Å². The van der Waals surface area contributed by atoms with Crippen molar-refractivity contribution >= 4 is 48.0 Å². The van der Waals surface area contributed by atoms with Gasteiger partial charge in [0.2, 0.25) is 0 Å². The number of hydrogen-bond donors (Lipinski definition) is 2. The van der Waals surface area contributed by atoms with Crippen LogP contribution in [0.4, 0.5) is 4.79 Å². The fourth-order valence-electron chi connectivity index (χ4n) is 17.5. The molecule has 4 heterocycles. The van der Waals surface area contributed by atoms with Crippen molar-refractivity contribution in [2.75, 3.05) is 13.7 Å². The van der Waals surface area contributed by atoms with Gasteiger partial charge >= 0.3 is 24.0 Å². The number of nitrogens with zero attached hydrogens (tertiary/aromatic N) is 1. The van der Waals surface area contributed by atoms with E-state index in [4.69, 9.17) is 52.1 Å². The highest BCUT2D eigenvalue weighted by atomic mass is 127. The predicted molar refractivity (Wildman–Crippen MR) is 366 cm³/mol. The lowest BCUT2D eigenvalue weighted by atomic mass is 9.47. The van der Waals surface area contributed by atoms with Crippen molar-refractivity contribution in [3.8, 4) is 5.75 Å². The highest BCUT2D eigenvalue weighted by Crippen LogP contribution is 2.72. The van der Waals surface area contributed by atoms with Gasteiger partial charge in [-0.15, -0.1) is 24.0 Å². The van der Waals surface area contributed by atoms with Crippen LogP contribution in [0.25, 0.3) is 0 Å². The van der Waals surface area contributed by atoms with Crippen LogP contribution in [0, 0.1) is 64.6 Å². The van der Waals surface area contributed by atoms with Gasteiger partial charge < -0.3 is 62.3 Å². The van der Waals surface area contributed by atoms with E-state index in [2.05, 4.69) is 96.2 Å². The average Bonchev–Trinajstić information content (AvgIpc) is 1.59. The van der Waals surface area contributed by atoms with E-state index in [-0.39, 0.29) is 108 Å². The molecule has 18 nitrogen and oxygen atoms in total. The number of aliphatic hydroxyl groups excluding tert-OH is 1. The third-order valence-corrected chi connectivity index (χ3v) is 22.0. The second-order valence-corrected chi connectivity index (χ2v) is 31.1. The van der Waals surface area contributed by atoms with Crippen LogP contribution in [-0.4, -0.2) is 143 Å². The summed E-state index contributed by atoms with van der Waals surface area (Å²) in [5.74, 6) is -1.58. The molecule has 21 atom stereocenters. The lowest BCUT2D eigenvalue weighted by Gasteiger charge is -2.68. The van der Waals surface area contributed by atoms with Crippen LogP contribution in [0.15, 0.2) is 65.8 Å². The Bertz CT molecular complexity index is 2920. The number of aliphatic hydroxyl groups is 2.